The van der Waals surface area contributed by atoms with Crippen LogP contribution in [0.5, 0.6) is 5.75 Å². The number of ether oxygens (including phenoxy) is 1. The Hall–Kier alpha value is 0.570. The van der Waals surface area contributed by atoms with Crippen LogP contribution in [0.2, 0.25) is 0 Å². The molecule has 1 aromatic carbocycles. The van der Waals surface area contributed by atoms with Crippen LogP contribution in [0.3, 0.4) is 0 Å². The van der Waals surface area contributed by atoms with Crippen LogP contribution >= 0.6 is 54.3 Å². The van der Waals surface area contributed by atoms with Gasteiger partial charge in [-0.1, -0.05) is 6.92 Å². The van der Waals surface area contributed by atoms with Crippen molar-refractivity contribution in [1.29, 1.82) is 0 Å². The van der Waals surface area contributed by atoms with E-state index in [1.165, 1.54) is 12.1 Å². The molecule has 0 aliphatic rings. The van der Waals surface area contributed by atoms with Crippen LogP contribution in [0.1, 0.15) is 6.92 Å². The molecular weight excluding hydrogens is 428 g/mol. The molecule has 0 radical (unpaired) electrons. The minimum absolute atomic E-state index is 0.0261. The van der Waals surface area contributed by atoms with E-state index in [2.05, 4.69) is 38.8 Å². The van der Waals surface area contributed by atoms with Crippen LogP contribution in [0.4, 0.5) is 0 Å². The van der Waals surface area contributed by atoms with Gasteiger partial charge in [0.15, 0.2) is 0 Å². The maximum atomic E-state index is 11.2. The van der Waals surface area contributed by atoms with E-state index in [9.17, 15) is 8.42 Å². The molecule has 18 heavy (non-hydrogen) atoms. The Morgan fingerprint density at radius 3 is 2.33 bits per heavy atom. The van der Waals surface area contributed by atoms with E-state index in [0.717, 1.165) is 11.5 Å². The van der Waals surface area contributed by atoms with Crippen molar-refractivity contribution in [3.8, 4) is 5.75 Å². The standard InChI is InChI=1S/C10H11Br2ClO3S2/c1-2-17-4-3-16-10-8(11)5-7(6-9(10)12)18(13,14)15/h5-6H,2-4H2,1H3. The third kappa shape index (κ3) is 4.92. The zero-order valence-electron chi connectivity index (χ0n) is 9.45. The molecule has 3 nitrogen and oxygen atoms in total. The first kappa shape index (κ1) is 16.6. The Balaban J connectivity index is 2.88. The smallest absolute Gasteiger partial charge is 0.261 e. The second-order valence-electron chi connectivity index (χ2n) is 3.20. The van der Waals surface area contributed by atoms with Crippen molar-refractivity contribution < 1.29 is 13.2 Å². The lowest BCUT2D eigenvalue weighted by Gasteiger charge is -2.11. The fourth-order valence-electron chi connectivity index (χ4n) is 1.16. The number of hydrogen-bond acceptors (Lipinski definition) is 4. The average molecular weight is 439 g/mol. The molecule has 0 bridgehead atoms. The van der Waals surface area contributed by atoms with Gasteiger partial charge in [-0.05, 0) is 49.7 Å². The van der Waals surface area contributed by atoms with Crippen molar-refractivity contribution in [2.75, 3.05) is 18.1 Å². The van der Waals surface area contributed by atoms with Crippen LogP contribution in [0.25, 0.3) is 0 Å². The van der Waals surface area contributed by atoms with Crippen molar-refractivity contribution in [2.24, 2.45) is 0 Å². The molecule has 1 aromatic rings. The highest BCUT2D eigenvalue weighted by Crippen LogP contribution is 2.36. The van der Waals surface area contributed by atoms with E-state index < -0.39 is 9.05 Å². The van der Waals surface area contributed by atoms with E-state index in [-0.39, 0.29) is 4.90 Å². The maximum Gasteiger partial charge on any atom is 0.261 e. The molecule has 1 rings (SSSR count). The van der Waals surface area contributed by atoms with E-state index in [4.69, 9.17) is 15.4 Å². The lowest BCUT2D eigenvalue weighted by molar-refractivity contribution is 0.339. The summed E-state index contributed by atoms with van der Waals surface area (Å²) in [6.45, 7) is 2.64. The van der Waals surface area contributed by atoms with Gasteiger partial charge in [-0.3, -0.25) is 0 Å². The average Bonchev–Trinajstić information content (AvgIpc) is 2.25. The predicted octanol–water partition coefficient (Wildman–Crippen LogP) is 4.27. The van der Waals surface area contributed by atoms with Crippen molar-refractivity contribution in [3.63, 3.8) is 0 Å². The molecule has 0 unspecified atom stereocenters. The SMILES string of the molecule is CCSCCOc1c(Br)cc(S(=O)(=O)Cl)cc1Br. The van der Waals surface area contributed by atoms with Gasteiger partial charge in [0.05, 0.1) is 20.4 Å². The first-order chi connectivity index (χ1) is 8.36. The minimum atomic E-state index is -3.74. The summed E-state index contributed by atoms with van der Waals surface area (Å²) in [5, 5.41) is 0. The zero-order chi connectivity index (χ0) is 13.8. The summed E-state index contributed by atoms with van der Waals surface area (Å²) in [4.78, 5) is 0.0261. The molecule has 0 saturated carbocycles. The van der Waals surface area contributed by atoms with Gasteiger partial charge >= 0.3 is 0 Å². The third-order valence-corrected chi connectivity index (χ3v) is 5.31. The highest BCUT2D eigenvalue weighted by Gasteiger charge is 2.16. The molecule has 0 aromatic heterocycles. The summed E-state index contributed by atoms with van der Waals surface area (Å²) in [5.74, 6) is 2.50. The first-order valence-corrected chi connectivity index (χ1v) is 10.1. The van der Waals surface area contributed by atoms with Crippen LogP contribution in [0.15, 0.2) is 26.0 Å². The molecule has 0 aliphatic heterocycles. The molecular formula is C10H11Br2ClO3S2. The van der Waals surface area contributed by atoms with Gasteiger partial charge in [-0.2, -0.15) is 11.8 Å². The lowest BCUT2D eigenvalue weighted by atomic mass is 10.3. The molecule has 102 valence electrons. The van der Waals surface area contributed by atoms with Crippen LogP contribution in [0, 0.1) is 0 Å². The number of rotatable bonds is 6. The van der Waals surface area contributed by atoms with E-state index in [1.54, 1.807) is 11.8 Å². The van der Waals surface area contributed by atoms with Crippen molar-refractivity contribution in [1.82, 2.24) is 0 Å². The highest BCUT2D eigenvalue weighted by atomic mass is 79.9. The normalized spacial score (nSPS) is 11.6. The quantitative estimate of drug-likeness (QED) is 0.491. The number of hydrogen-bond donors (Lipinski definition) is 0. The Morgan fingerprint density at radius 2 is 1.89 bits per heavy atom. The Morgan fingerprint density at radius 1 is 1.33 bits per heavy atom. The molecule has 8 heteroatoms. The molecule has 0 spiro atoms. The summed E-state index contributed by atoms with van der Waals surface area (Å²) >= 11 is 8.32. The van der Waals surface area contributed by atoms with Gasteiger partial charge in [0, 0.05) is 16.4 Å². The summed E-state index contributed by atoms with van der Waals surface area (Å²) in [6, 6.07) is 2.85. The Labute approximate surface area is 132 Å². The Kier molecular flexibility index (Phi) is 6.81. The van der Waals surface area contributed by atoms with Crippen molar-refractivity contribution in [3.05, 3.63) is 21.1 Å². The van der Waals surface area contributed by atoms with E-state index >= 15 is 0 Å². The molecule has 0 heterocycles. The highest BCUT2D eigenvalue weighted by molar-refractivity contribution is 9.11. The van der Waals surface area contributed by atoms with E-state index in [0.29, 0.717) is 21.3 Å². The van der Waals surface area contributed by atoms with Crippen LogP contribution < -0.4 is 4.74 Å². The number of thioether (sulfide) groups is 1. The molecule has 0 aliphatic carbocycles. The predicted molar refractivity (Wildman–Crippen MR) is 83.4 cm³/mol. The van der Waals surface area contributed by atoms with Gasteiger partial charge in [0.25, 0.3) is 9.05 Å². The van der Waals surface area contributed by atoms with Crippen LogP contribution in [-0.4, -0.2) is 26.5 Å². The van der Waals surface area contributed by atoms with Gasteiger partial charge in [-0.15, -0.1) is 0 Å². The summed E-state index contributed by atoms with van der Waals surface area (Å²) in [5.41, 5.74) is 0. The van der Waals surface area contributed by atoms with Gasteiger partial charge in [0.2, 0.25) is 0 Å². The summed E-state index contributed by atoms with van der Waals surface area (Å²) in [6.07, 6.45) is 0. The topological polar surface area (TPSA) is 43.4 Å². The lowest BCUT2D eigenvalue weighted by Crippen LogP contribution is -2.02. The van der Waals surface area contributed by atoms with Crippen molar-refractivity contribution >= 4 is 63.4 Å². The minimum Gasteiger partial charge on any atom is -0.490 e. The largest absolute Gasteiger partial charge is 0.490 e. The monoisotopic (exact) mass is 436 g/mol. The molecule has 0 atom stereocenters. The summed E-state index contributed by atoms with van der Waals surface area (Å²) in [7, 11) is 1.55. The van der Waals surface area contributed by atoms with Crippen molar-refractivity contribution in [2.45, 2.75) is 11.8 Å². The fraction of sp³-hybridized carbons (Fsp3) is 0.400. The number of halogens is 3. The first-order valence-electron chi connectivity index (χ1n) is 5.00. The van der Waals surface area contributed by atoms with Crippen LogP contribution in [-0.2, 0) is 9.05 Å². The second kappa shape index (κ2) is 7.38. The number of benzene rings is 1. The molecule has 0 fully saturated rings. The van der Waals surface area contributed by atoms with E-state index in [1.807, 2.05) is 0 Å². The summed E-state index contributed by atoms with van der Waals surface area (Å²) < 4.78 is 29.1. The third-order valence-electron chi connectivity index (χ3n) is 1.93. The molecule has 0 saturated heterocycles. The van der Waals surface area contributed by atoms with Gasteiger partial charge in [0.1, 0.15) is 5.75 Å². The zero-order valence-corrected chi connectivity index (χ0v) is 15.0. The molecule has 0 N–H and O–H groups in total. The van der Waals surface area contributed by atoms with Gasteiger partial charge < -0.3 is 4.74 Å². The second-order valence-corrected chi connectivity index (χ2v) is 8.87. The fourth-order valence-corrected chi connectivity index (χ4v) is 4.16. The van der Waals surface area contributed by atoms with Gasteiger partial charge in [-0.25, -0.2) is 8.42 Å². The molecule has 0 amide bonds. The maximum absolute atomic E-state index is 11.2. The Bertz CT molecular complexity index is 497.